The summed E-state index contributed by atoms with van der Waals surface area (Å²) in [6.45, 7) is 4.40. The number of hydrogen-bond acceptors (Lipinski definition) is 5. The Morgan fingerprint density at radius 3 is 2.74 bits per heavy atom. The molecule has 1 aliphatic rings. The van der Waals surface area contributed by atoms with Crippen LogP contribution in [0.4, 0.5) is 0 Å². The number of nitrogens with zero attached hydrogens (tertiary/aromatic N) is 1. The Hall–Kier alpha value is -2.76. The number of benzene rings is 1. The largest absolute Gasteiger partial charge is 0.494 e. The summed E-state index contributed by atoms with van der Waals surface area (Å²) in [7, 11) is 0. The maximum Gasteiger partial charge on any atom is 0.332 e. The molecule has 0 aliphatic carbocycles. The number of esters is 1. The maximum absolute atomic E-state index is 12.3. The molecule has 0 saturated heterocycles. The van der Waals surface area contributed by atoms with E-state index in [4.69, 9.17) is 4.74 Å². The lowest BCUT2D eigenvalue weighted by molar-refractivity contribution is -0.137. The summed E-state index contributed by atoms with van der Waals surface area (Å²) in [5, 5.41) is 13.3. The van der Waals surface area contributed by atoms with Crippen molar-refractivity contribution in [2.24, 2.45) is 0 Å². The second-order valence-corrected chi connectivity index (χ2v) is 5.01. The lowest BCUT2D eigenvalue weighted by Crippen LogP contribution is -2.29. The molecule has 0 radical (unpaired) electrons. The van der Waals surface area contributed by atoms with Crippen LogP contribution in [0, 0.1) is 0 Å². The molecule has 0 unspecified atom stereocenters. The van der Waals surface area contributed by atoms with Crippen LogP contribution in [0.2, 0.25) is 0 Å². The monoisotopic (exact) mass is 316 g/mol. The second kappa shape index (κ2) is 7.49. The molecule has 6 nitrogen and oxygen atoms in total. The van der Waals surface area contributed by atoms with Crippen molar-refractivity contribution in [3.05, 3.63) is 53.6 Å². The number of hydrogen-bond donors (Lipinski definition) is 2. The van der Waals surface area contributed by atoms with Gasteiger partial charge in [0.1, 0.15) is 5.57 Å². The van der Waals surface area contributed by atoms with Gasteiger partial charge in [0.25, 0.3) is 5.91 Å². The van der Waals surface area contributed by atoms with E-state index in [0.717, 1.165) is 0 Å². The molecule has 6 heteroatoms. The van der Waals surface area contributed by atoms with E-state index in [9.17, 15) is 14.7 Å². The topological polar surface area (TPSA) is 78.9 Å². The van der Waals surface area contributed by atoms with Crippen LogP contribution in [-0.2, 0) is 14.3 Å². The number of ether oxygens (including phenoxy) is 1. The van der Waals surface area contributed by atoms with Crippen molar-refractivity contribution >= 4 is 17.4 Å². The normalized spacial score (nSPS) is 16.0. The van der Waals surface area contributed by atoms with Crippen molar-refractivity contribution in [1.82, 2.24) is 10.2 Å². The Balaban J connectivity index is 2.42. The van der Waals surface area contributed by atoms with Crippen LogP contribution in [0.3, 0.4) is 0 Å². The van der Waals surface area contributed by atoms with Gasteiger partial charge in [-0.15, -0.1) is 0 Å². The van der Waals surface area contributed by atoms with E-state index in [1.54, 1.807) is 38.1 Å². The zero-order valence-corrected chi connectivity index (χ0v) is 13.2. The highest BCUT2D eigenvalue weighted by molar-refractivity contribution is 6.20. The van der Waals surface area contributed by atoms with Gasteiger partial charge < -0.3 is 20.1 Å². The first-order valence-corrected chi connectivity index (χ1v) is 7.44. The lowest BCUT2D eigenvalue weighted by atomic mass is 10.1. The van der Waals surface area contributed by atoms with E-state index in [-0.39, 0.29) is 24.0 Å². The summed E-state index contributed by atoms with van der Waals surface area (Å²) in [6.07, 6.45) is 1.30. The van der Waals surface area contributed by atoms with E-state index >= 15 is 0 Å². The molecule has 1 aromatic rings. The fourth-order valence-corrected chi connectivity index (χ4v) is 2.35. The summed E-state index contributed by atoms with van der Waals surface area (Å²) < 4.78 is 4.88. The van der Waals surface area contributed by atoms with Gasteiger partial charge in [-0.25, -0.2) is 4.79 Å². The Kier molecular flexibility index (Phi) is 5.41. The first kappa shape index (κ1) is 16.6. The van der Waals surface area contributed by atoms with Gasteiger partial charge in [0.15, 0.2) is 0 Å². The highest BCUT2D eigenvalue weighted by Gasteiger charge is 2.26. The van der Waals surface area contributed by atoms with Crippen molar-refractivity contribution in [3.63, 3.8) is 0 Å². The Bertz CT molecular complexity index is 650. The van der Waals surface area contributed by atoms with Crippen LogP contribution in [0.25, 0.3) is 5.57 Å². The summed E-state index contributed by atoms with van der Waals surface area (Å²) in [5.74, 6) is -1.01. The van der Waals surface area contributed by atoms with Gasteiger partial charge in [-0.2, -0.15) is 0 Å². The number of aliphatic hydroxyl groups is 1. The summed E-state index contributed by atoms with van der Waals surface area (Å²) in [6, 6.07) is 8.91. The molecular weight excluding hydrogens is 296 g/mol. The third-order valence-corrected chi connectivity index (χ3v) is 3.43. The molecule has 2 rings (SSSR count). The van der Waals surface area contributed by atoms with Crippen molar-refractivity contribution in [1.29, 1.82) is 0 Å². The molecule has 1 heterocycles. The Labute approximate surface area is 135 Å². The predicted molar refractivity (Wildman–Crippen MR) is 86.1 cm³/mol. The van der Waals surface area contributed by atoms with Crippen LogP contribution in [0.1, 0.15) is 19.4 Å². The van der Waals surface area contributed by atoms with Gasteiger partial charge in [0.05, 0.1) is 6.61 Å². The molecule has 1 amide bonds. The van der Waals surface area contributed by atoms with Gasteiger partial charge in [-0.05, 0) is 19.4 Å². The minimum absolute atomic E-state index is 0.177. The molecule has 0 bridgehead atoms. The highest BCUT2D eigenvalue weighted by Crippen LogP contribution is 2.24. The molecule has 1 aliphatic heterocycles. The van der Waals surface area contributed by atoms with E-state index < -0.39 is 5.97 Å². The molecule has 0 fully saturated rings. The average Bonchev–Trinajstić information content (AvgIpc) is 2.66. The molecule has 0 atom stereocenters. The van der Waals surface area contributed by atoms with Crippen molar-refractivity contribution < 1.29 is 19.4 Å². The minimum Gasteiger partial charge on any atom is -0.494 e. The number of nitrogens with one attached hydrogen (secondary N) is 1. The maximum atomic E-state index is 12.3. The molecule has 2 N–H and O–H groups in total. The van der Waals surface area contributed by atoms with Crippen molar-refractivity contribution in [2.45, 2.75) is 13.8 Å². The molecule has 0 spiro atoms. The van der Waals surface area contributed by atoms with Crippen LogP contribution < -0.4 is 5.32 Å². The first-order valence-electron chi connectivity index (χ1n) is 7.44. The van der Waals surface area contributed by atoms with Crippen LogP contribution in [0.5, 0.6) is 0 Å². The zero-order valence-electron chi connectivity index (χ0n) is 13.2. The fourth-order valence-electron chi connectivity index (χ4n) is 2.35. The number of carbonyl (C=O) groups excluding carboxylic acids is 2. The second-order valence-electron chi connectivity index (χ2n) is 5.01. The lowest BCUT2D eigenvalue weighted by Gasteiger charge is -2.23. The van der Waals surface area contributed by atoms with Crippen LogP contribution in [-0.4, -0.2) is 41.6 Å². The number of amides is 1. The quantitative estimate of drug-likeness (QED) is 0.654. The standard InChI is InChI=1S/C17H20N2O4/c1-3-23-14(20)11-12(2)19-10-9-18-16(21)15(17(19)22)13-7-5-4-6-8-13/h4-8,11,22H,3,9-10H2,1-2H3,(H,18,21)/b12-11+. The summed E-state index contributed by atoms with van der Waals surface area (Å²) >= 11 is 0. The highest BCUT2D eigenvalue weighted by atomic mass is 16.5. The fraction of sp³-hybridized carbons (Fsp3) is 0.294. The van der Waals surface area contributed by atoms with Gasteiger partial charge >= 0.3 is 5.97 Å². The number of aliphatic hydroxyl groups excluding tert-OH is 1. The van der Waals surface area contributed by atoms with Crippen LogP contribution in [0.15, 0.2) is 48.0 Å². The van der Waals surface area contributed by atoms with Crippen molar-refractivity contribution in [3.8, 4) is 0 Å². The summed E-state index contributed by atoms with van der Waals surface area (Å²) in [4.78, 5) is 25.4. The third-order valence-electron chi connectivity index (χ3n) is 3.43. The molecule has 23 heavy (non-hydrogen) atoms. The van der Waals surface area contributed by atoms with Gasteiger partial charge in [0.2, 0.25) is 5.88 Å². The predicted octanol–water partition coefficient (Wildman–Crippen LogP) is 1.81. The first-order chi connectivity index (χ1) is 11.0. The van der Waals surface area contributed by atoms with E-state index in [1.807, 2.05) is 6.07 Å². The number of rotatable bonds is 4. The SMILES string of the molecule is CCOC(=O)/C=C(\C)N1CCNC(=O)C(c2ccccc2)=C1O. The number of allylic oxidation sites excluding steroid dienone is 1. The summed E-state index contributed by atoms with van der Waals surface area (Å²) in [5.41, 5.74) is 1.30. The van der Waals surface area contributed by atoms with Crippen molar-refractivity contribution in [2.75, 3.05) is 19.7 Å². The molecular formula is C17H20N2O4. The molecule has 0 saturated carbocycles. The Morgan fingerprint density at radius 1 is 1.39 bits per heavy atom. The van der Waals surface area contributed by atoms with E-state index in [1.165, 1.54) is 11.0 Å². The smallest absolute Gasteiger partial charge is 0.332 e. The molecule has 0 aromatic heterocycles. The molecule has 1 aromatic carbocycles. The zero-order chi connectivity index (χ0) is 16.8. The number of carbonyl (C=O) groups is 2. The van der Waals surface area contributed by atoms with Gasteiger partial charge in [-0.1, -0.05) is 30.3 Å². The van der Waals surface area contributed by atoms with Gasteiger partial charge in [0, 0.05) is 24.9 Å². The Morgan fingerprint density at radius 2 is 2.09 bits per heavy atom. The van der Waals surface area contributed by atoms with Gasteiger partial charge in [-0.3, -0.25) is 4.79 Å². The van der Waals surface area contributed by atoms with E-state index in [2.05, 4.69) is 5.32 Å². The average molecular weight is 316 g/mol. The van der Waals surface area contributed by atoms with Crippen LogP contribution >= 0.6 is 0 Å². The van der Waals surface area contributed by atoms with E-state index in [0.29, 0.717) is 24.4 Å². The molecule has 122 valence electrons. The third kappa shape index (κ3) is 3.91. The minimum atomic E-state index is -0.484.